The van der Waals surface area contributed by atoms with Crippen molar-refractivity contribution < 1.29 is 28.3 Å². The highest BCUT2D eigenvalue weighted by Crippen LogP contribution is 2.66. The van der Waals surface area contributed by atoms with Crippen molar-refractivity contribution in [3.05, 3.63) is 11.6 Å². The molecular weight excluding hydrogens is 342 g/mol. The van der Waals surface area contributed by atoms with Crippen LogP contribution < -0.4 is 0 Å². The van der Waals surface area contributed by atoms with E-state index in [1.54, 1.807) is 0 Å². The van der Waals surface area contributed by atoms with Gasteiger partial charge in [-0.05, 0) is 61.5 Å². The number of hydrogen-bond donors (Lipinski definition) is 1. The van der Waals surface area contributed by atoms with E-state index in [9.17, 15) is 28.3 Å². The number of aliphatic carboxylic acids is 1. The molecule has 142 valence electrons. The number of carbonyl (C=O) groups is 3. The summed E-state index contributed by atoms with van der Waals surface area (Å²) in [5, 5.41) is 10.1. The zero-order valence-electron chi connectivity index (χ0n) is 14.8. The molecule has 4 aliphatic carbocycles. The third kappa shape index (κ3) is 2.13. The van der Waals surface area contributed by atoms with E-state index in [2.05, 4.69) is 0 Å². The Morgan fingerprint density at radius 1 is 1.19 bits per heavy atom. The van der Waals surface area contributed by atoms with Crippen LogP contribution in [0, 0.1) is 34.5 Å². The summed E-state index contributed by atoms with van der Waals surface area (Å²) in [6, 6.07) is 0. The maximum atomic E-state index is 14.0. The number of rotatable bonds is 2. The lowest BCUT2D eigenvalue weighted by Gasteiger charge is -2.58. The van der Waals surface area contributed by atoms with E-state index >= 15 is 0 Å². The molecule has 6 heteroatoms. The fraction of sp³-hybridized carbons (Fsp3) is 0.750. The molecule has 0 amide bonds. The topological polar surface area (TPSA) is 71.4 Å². The van der Waals surface area contributed by atoms with Gasteiger partial charge < -0.3 is 5.11 Å². The lowest BCUT2D eigenvalue weighted by atomic mass is 9.44. The number of ketones is 2. The van der Waals surface area contributed by atoms with Crippen LogP contribution in [0.5, 0.6) is 0 Å². The van der Waals surface area contributed by atoms with Gasteiger partial charge in [0.2, 0.25) is 6.43 Å². The summed E-state index contributed by atoms with van der Waals surface area (Å²) in [6.07, 6.45) is 1.06. The Hall–Kier alpha value is -1.59. The van der Waals surface area contributed by atoms with Crippen LogP contribution in [0.15, 0.2) is 11.6 Å². The molecule has 0 aromatic rings. The smallest absolute Gasteiger partial charge is 0.314 e. The minimum Gasteiger partial charge on any atom is -0.481 e. The van der Waals surface area contributed by atoms with Crippen molar-refractivity contribution >= 4 is 17.5 Å². The zero-order valence-corrected chi connectivity index (χ0v) is 14.8. The zero-order chi connectivity index (χ0) is 18.9. The van der Waals surface area contributed by atoms with Crippen molar-refractivity contribution in [2.45, 2.75) is 58.3 Å². The summed E-state index contributed by atoms with van der Waals surface area (Å²) in [6.45, 7) is 1.88. The van der Waals surface area contributed by atoms with E-state index in [0.717, 1.165) is 0 Å². The van der Waals surface area contributed by atoms with Crippen LogP contribution in [0.1, 0.15) is 51.9 Å². The molecule has 0 bridgehead atoms. The number of fused-ring (bicyclic) bond motifs is 5. The lowest BCUT2D eigenvalue weighted by Crippen LogP contribution is -2.58. The van der Waals surface area contributed by atoms with Crippen LogP contribution in [-0.4, -0.2) is 29.1 Å². The van der Waals surface area contributed by atoms with Gasteiger partial charge in [0.25, 0.3) is 0 Å². The number of hydrogen-bond acceptors (Lipinski definition) is 3. The monoisotopic (exact) mass is 366 g/mol. The van der Waals surface area contributed by atoms with Crippen molar-refractivity contribution in [2.24, 2.45) is 34.5 Å². The number of carbonyl (C=O) groups excluding carboxylic acids is 2. The van der Waals surface area contributed by atoms with Gasteiger partial charge in [-0.2, -0.15) is 0 Å². The fourth-order valence-corrected chi connectivity index (χ4v) is 6.73. The first-order chi connectivity index (χ1) is 12.2. The molecule has 0 aromatic carbocycles. The van der Waals surface area contributed by atoms with E-state index in [-0.39, 0.29) is 36.7 Å². The first-order valence-electron chi connectivity index (χ1n) is 9.50. The van der Waals surface area contributed by atoms with Gasteiger partial charge in [0.1, 0.15) is 5.78 Å². The van der Waals surface area contributed by atoms with Crippen molar-refractivity contribution in [3.8, 4) is 0 Å². The molecule has 4 nitrogen and oxygen atoms in total. The first kappa shape index (κ1) is 17.8. The van der Waals surface area contributed by atoms with Crippen molar-refractivity contribution in [2.75, 3.05) is 0 Å². The van der Waals surface area contributed by atoms with E-state index in [0.29, 0.717) is 31.3 Å². The number of alkyl halides is 2. The summed E-state index contributed by atoms with van der Waals surface area (Å²) in [4.78, 5) is 36.7. The summed E-state index contributed by atoms with van der Waals surface area (Å²) in [7, 11) is 0. The third-order valence-electron chi connectivity index (χ3n) is 8.00. The van der Waals surface area contributed by atoms with E-state index in [4.69, 9.17) is 0 Å². The van der Waals surface area contributed by atoms with Crippen LogP contribution in [0.3, 0.4) is 0 Å². The minimum absolute atomic E-state index is 0.0440. The second-order valence-corrected chi connectivity index (χ2v) is 8.82. The van der Waals surface area contributed by atoms with Crippen molar-refractivity contribution in [1.29, 1.82) is 0 Å². The molecule has 0 heterocycles. The van der Waals surface area contributed by atoms with Gasteiger partial charge in [-0.3, -0.25) is 14.4 Å². The quantitative estimate of drug-likeness (QED) is 0.810. The SMILES string of the molecule is C[C@]12CC[C@H]3[C@@H]([C@H](C(F)F)CC4=CC(=O)CC[C@@]43C(=O)O)[C@@H]1CCC2=O. The Morgan fingerprint density at radius 3 is 2.58 bits per heavy atom. The molecule has 0 aromatic heterocycles. The highest BCUT2D eigenvalue weighted by atomic mass is 19.3. The normalized spacial score (nSPS) is 45.0. The van der Waals surface area contributed by atoms with Crippen LogP contribution in [-0.2, 0) is 14.4 Å². The Labute approximate surface area is 151 Å². The molecule has 0 radical (unpaired) electrons. The molecule has 0 unspecified atom stereocenters. The molecule has 3 fully saturated rings. The molecule has 6 atom stereocenters. The van der Waals surface area contributed by atoms with Gasteiger partial charge in [-0.25, -0.2) is 8.78 Å². The molecule has 4 aliphatic rings. The van der Waals surface area contributed by atoms with Crippen LogP contribution in [0.25, 0.3) is 0 Å². The second kappa shape index (κ2) is 5.70. The number of Topliss-reactive ketones (excluding diaryl/α,β-unsaturated/α-hetero) is 1. The van der Waals surface area contributed by atoms with Crippen molar-refractivity contribution in [1.82, 2.24) is 0 Å². The predicted molar refractivity (Wildman–Crippen MR) is 88.6 cm³/mol. The number of carboxylic acid groups (broad SMARTS) is 1. The molecule has 4 rings (SSSR count). The van der Waals surface area contributed by atoms with E-state index in [1.807, 2.05) is 6.92 Å². The lowest BCUT2D eigenvalue weighted by molar-refractivity contribution is -0.168. The fourth-order valence-electron chi connectivity index (χ4n) is 6.73. The largest absolute Gasteiger partial charge is 0.481 e. The van der Waals surface area contributed by atoms with Crippen LogP contribution in [0.4, 0.5) is 8.78 Å². The number of carboxylic acids is 1. The molecule has 3 saturated carbocycles. The van der Waals surface area contributed by atoms with Crippen LogP contribution in [0.2, 0.25) is 0 Å². The average molecular weight is 366 g/mol. The maximum absolute atomic E-state index is 14.0. The molecular formula is C20H24F2O4. The summed E-state index contributed by atoms with van der Waals surface area (Å²) in [5.41, 5.74) is -1.42. The Balaban J connectivity index is 1.85. The van der Waals surface area contributed by atoms with Gasteiger partial charge >= 0.3 is 5.97 Å². The standard InChI is InChI=1S/C20H24F2O4/c1-19-6-5-14-16(13(19)2-3-15(19)24)12(17(21)22)9-10-8-11(23)4-7-20(10,14)18(25)26/h8,12-14,16-17H,2-7,9H2,1H3,(H,25,26)/t12-,13+,14+,16+,19+,20-/m1/s1. The second-order valence-electron chi connectivity index (χ2n) is 8.82. The van der Waals surface area contributed by atoms with Gasteiger partial charge in [-0.1, -0.05) is 6.92 Å². The molecule has 0 spiro atoms. The Morgan fingerprint density at radius 2 is 1.92 bits per heavy atom. The van der Waals surface area contributed by atoms with Gasteiger partial charge in [-0.15, -0.1) is 0 Å². The summed E-state index contributed by atoms with van der Waals surface area (Å²) >= 11 is 0. The van der Waals surface area contributed by atoms with E-state index in [1.165, 1.54) is 6.08 Å². The highest BCUT2D eigenvalue weighted by Gasteiger charge is 2.66. The Bertz CT molecular complexity index is 715. The predicted octanol–water partition coefficient (Wildman–Crippen LogP) is 3.64. The van der Waals surface area contributed by atoms with Crippen LogP contribution >= 0.6 is 0 Å². The Kier molecular flexibility index (Phi) is 3.90. The summed E-state index contributed by atoms with van der Waals surface area (Å²) < 4.78 is 28.0. The minimum atomic E-state index is -2.58. The van der Waals surface area contributed by atoms with Crippen molar-refractivity contribution in [3.63, 3.8) is 0 Å². The molecule has 0 saturated heterocycles. The number of halogens is 2. The third-order valence-corrected chi connectivity index (χ3v) is 8.00. The molecule has 26 heavy (non-hydrogen) atoms. The average Bonchev–Trinajstić information content (AvgIpc) is 2.88. The molecule has 0 aliphatic heterocycles. The maximum Gasteiger partial charge on any atom is 0.314 e. The molecule has 1 N–H and O–H groups in total. The highest BCUT2D eigenvalue weighted by molar-refractivity contribution is 5.95. The van der Waals surface area contributed by atoms with Gasteiger partial charge in [0.15, 0.2) is 5.78 Å². The van der Waals surface area contributed by atoms with Gasteiger partial charge in [0, 0.05) is 24.2 Å². The van der Waals surface area contributed by atoms with Gasteiger partial charge in [0.05, 0.1) is 5.41 Å². The first-order valence-corrected chi connectivity index (χ1v) is 9.50. The van der Waals surface area contributed by atoms with E-state index < -0.39 is 41.0 Å². The summed E-state index contributed by atoms with van der Waals surface area (Å²) in [5.74, 6) is -3.06.